The number of anilines is 1. The fourth-order valence-corrected chi connectivity index (χ4v) is 5.97. The second-order valence-corrected chi connectivity index (χ2v) is 13.2. The van der Waals surface area contributed by atoms with Gasteiger partial charge in [0.05, 0.1) is 35.3 Å². The van der Waals surface area contributed by atoms with Gasteiger partial charge in [-0.15, -0.1) is 0 Å². The Morgan fingerprint density at radius 1 is 1.10 bits per heavy atom. The average molecular weight is 594 g/mol. The van der Waals surface area contributed by atoms with Crippen molar-refractivity contribution in [2.75, 3.05) is 52.3 Å². The van der Waals surface area contributed by atoms with Crippen LogP contribution in [0.1, 0.15) is 50.4 Å². The van der Waals surface area contributed by atoms with Crippen molar-refractivity contribution >= 4 is 21.6 Å². The number of fused-ring (bicyclic) bond motifs is 1. The smallest absolute Gasteiger partial charge is 0.258 e. The molecule has 0 fully saturated rings. The highest BCUT2D eigenvalue weighted by Crippen LogP contribution is 2.29. The lowest BCUT2D eigenvalue weighted by atomic mass is 10.0. The number of aliphatic hydroxyl groups excluding tert-OH is 1. The first-order valence-corrected chi connectivity index (χ1v) is 15.5. The zero-order valence-corrected chi connectivity index (χ0v) is 25.7. The fourth-order valence-electron chi connectivity index (χ4n) is 4.79. The summed E-state index contributed by atoms with van der Waals surface area (Å²) in [5.74, 6) is -0.600. The maximum Gasteiger partial charge on any atom is 0.258 e. The van der Waals surface area contributed by atoms with Gasteiger partial charge in [0, 0.05) is 52.4 Å². The third-order valence-electron chi connectivity index (χ3n) is 7.51. The zero-order chi connectivity index (χ0) is 30.3. The summed E-state index contributed by atoms with van der Waals surface area (Å²) in [6.07, 6.45) is 1.66. The minimum absolute atomic E-state index is 0.0112. The molecule has 0 bridgehead atoms. The van der Waals surface area contributed by atoms with Crippen LogP contribution in [0.25, 0.3) is 0 Å². The number of aliphatic hydroxyl groups is 1. The third-order valence-corrected chi connectivity index (χ3v) is 9.35. The Balaban J connectivity index is 1.96. The number of carbonyl (C=O) groups excluding carboxylic acids is 1. The van der Waals surface area contributed by atoms with E-state index in [0.29, 0.717) is 17.9 Å². The molecule has 1 N–H and O–H groups in total. The van der Waals surface area contributed by atoms with Crippen molar-refractivity contribution in [3.8, 4) is 5.75 Å². The van der Waals surface area contributed by atoms with Crippen LogP contribution in [0.5, 0.6) is 5.75 Å². The molecule has 0 unspecified atom stereocenters. The molecule has 3 rings (SSSR count). The van der Waals surface area contributed by atoms with E-state index in [9.17, 15) is 22.7 Å². The first-order valence-electron chi connectivity index (χ1n) is 14.1. The van der Waals surface area contributed by atoms with Crippen LogP contribution in [0.15, 0.2) is 47.4 Å². The van der Waals surface area contributed by atoms with Gasteiger partial charge in [-0.25, -0.2) is 12.8 Å². The van der Waals surface area contributed by atoms with Crippen LogP contribution in [0.2, 0.25) is 0 Å². The number of hydrogen-bond donors (Lipinski definition) is 1. The van der Waals surface area contributed by atoms with Crippen LogP contribution in [0, 0.1) is 11.7 Å². The molecule has 9 nitrogen and oxygen atoms in total. The zero-order valence-electron chi connectivity index (χ0n) is 24.9. The number of rotatable bonds is 7. The number of carbonyl (C=O) groups is 1. The van der Waals surface area contributed by atoms with Gasteiger partial charge in [0.1, 0.15) is 11.6 Å². The van der Waals surface area contributed by atoms with E-state index < -0.39 is 28.0 Å². The summed E-state index contributed by atoms with van der Waals surface area (Å²) in [5.41, 5.74) is 1.24. The minimum atomic E-state index is -3.90. The van der Waals surface area contributed by atoms with Gasteiger partial charge in [0.2, 0.25) is 10.0 Å². The molecule has 0 aliphatic carbocycles. The number of ether oxygens (including phenoxy) is 2. The van der Waals surface area contributed by atoms with Crippen molar-refractivity contribution in [2.45, 2.75) is 63.2 Å². The highest BCUT2D eigenvalue weighted by atomic mass is 32.2. The van der Waals surface area contributed by atoms with E-state index in [-0.39, 0.29) is 42.5 Å². The lowest BCUT2D eigenvalue weighted by Crippen LogP contribution is -2.48. The molecule has 1 amide bonds. The topological polar surface area (TPSA) is 99.6 Å². The summed E-state index contributed by atoms with van der Waals surface area (Å²) in [6, 6.07) is 9.73. The Kier molecular flexibility index (Phi) is 11.5. The summed E-state index contributed by atoms with van der Waals surface area (Å²) < 4.78 is 53.6. The summed E-state index contributed by atoms with van der Waals surface area (Å²) in [6.45, 7) is 6.08. The number of sulfonamides is 1. The molecule has 2 aromatic rings. The molecular weight excluding hydrogens is 549 g/mol. The quantitative estimate of drug-likeness (QED) is 0.518. The Morgan fingerprint density at radius 2 is 1.78 bits per heavy atom. The van der Waals surface area contributed by atoms with E-state index in [1.165, 1.54) is 23.5 Å². The molecule has 41 heavy (non-hydrogen) atoms. The normalized spacial score (nSPS) is 22.0. The van der Waals surface area contributed by atoms with E-state index in [0.717, 1.165) is 37.1 Å². The predicted molar refractivity (Wildman–Crippen MR) is 157 cm³/mol. The van der Waals surface area contributed by atoms with Crippen molar-refractivity contribution < 1.29 is 32.2 Å². The van der Waals surface area contributed by atoms with Crippen LogP contribution in [-0.2, 0) is 14.8 Å². The van der Waals surface area contributed by atoms with Crippen LogP contribution >= 0.6 is 0 Å². The largest absolute Gasteiger partial charge is 0.490 e. The van der Waals surface area contributed by atoms with Gasteiger partial charge in [-0.3, -0.25) is 4.79 Å². The lowest BCUT2D eigenvalue weighted by Gasteiger charge is -2.35. The van der Waals surface area contributed by atoms with E-state index >= 15 is 0 Å². The van der Waals surface area contributed by atoms with E-state index in [2.05, 4.69) is 0 Å². The van der Waals surface area contributed by atoms with Gasteiger partial charge in [-0.05, 0) is 75.6 Å². The molecule has 1 aliphatic heterocycles. The number of likely N-dealkylation sites (N-methyl/N-ethyl adjacent to an activating group) is 1. The summed E-state index contributed by atoms with van der Waals surface area (Å²) >= 11 is 0. The van der Waals surface area contributed by atoms with E-state index in [1.807, 2.05) is 45.0 Å². The summed E-state index contributed by atoms with van der Waals surface area (Å²) in [7, 11) is 1.36. The number of amides is 1. The maximum atomic E-state index is 14.1. The Morgan fingerprint density at radius 3 is 2.41 bits per heavy atom. The van der Waals surface area contributed by atoms with Gasteiger partial charge in [-0.1, -0.05) is 6.92 Å². The molecule has 11 heteroatoms. The SMILES string of the molecule is C[C@@H]1CCCCO[C@H](CN(C)S(=O)(=O)c2ccc(F)cc2)[C@H](C)CN([C@H](C)CO)C(=O)c2cc(N(C)C)ccc2O1. The Labute approximate surface area is 243 Å². The predicted octanol–water partition coefficient (Wildman–Crippen LogP) is 4.01. The monoisotopic (exact) mass is 593 g/mol. The molecule has 0 saturated carbocycles. The standard InChI is InChI=1S/C30H44FN3O6S/c1-21-18-34(22(2)20-35)30(36)27-17-25(32(4)5)12-15-28(27)40-23(3)9-7-8-16-39-29(21)19-33(6)41(37,38)26-13-10-24(31)11-14-26/h10-15,17,21-23,29,35H,7-9,16,18-20H2,1-6H3/t21-,22-,23-,29-/m1/s1. The van der Waals surface area contributed by atoms with Gasteiger partial charge in [0.25, 0.3) is 5.91 Å². The van der Waals surface area contributed by atoms with Crippen molar-refractivity contribution in [3.05, 3.63) is 53.8 Å². The van der Waals surface area contributed by atoms with Crippen LogP contribution in [-0.4, -0.2) is 94.3 Å². The molecule has 1 aliphatic rings. The van der Waals surface area contributed by atoms with E-state index in [1.54, 1.807) is 17.9 Å². The van der Waals surface area contributed by atoms with Gasteiger partial charge in [0.15, 0.2) is 0 Å². The van der Waals surface area contributed by atoms with Gasteiger partial charge in [-0.2, -0.15) is 4.31 Å². The average Bonchev–Trinajstić information content (AvgIpc) is 2.93. The Hall–Kier alpha value is -2.73. The Bertz CT molecular complexity index is 1260. The highest BCUT2D eigenvalue weighted by Gasteiger charge is 2.32. The van der Waals surface area contributed by atoms with Crippen molar-refractivity contribution in [2.24, 2.45) is 5.92 Å². The molecule has 4 atom stereocenters. The van der Waals surface area contributed by atoms with Crippen LogP contribution < -0.4 is 9.64 Å². The van der Waals surface area contributed by atoms with Crippen LogP contribution in [0.3, 0.4) is 0 Å². The molecule has 0 saturated heterocycles. The number of nitrogens with zero attached hydrogens (tertiary/aromatic N) is 3. The van der Waals surface area contributed by atoms with Crippen molar-refractivity contribution in [1.29, 1.82) is 0 Å². The molecule has 0 radical (unpaired) electrons. The fraction of sp³-hybridized carbons (Fsp3) is 0.567. The van der Waals surface area contributed by atoms with Crippen LogP contribution in [0.4, 0.5) is 10.1 Å². The molecule has 228 valence electrons. The number of halogens is 1. The van der Waals surface area contributed by atoms with Gasteiger partial charge >= 0.3 is 0 Å². The first-order chi connectivity index (χ1) is 19.3. The molecule has 2 aromatic carbocycles. The second-order valence-electron chi connectivity index (χ2n) is 11.1. The van der Waals surface area contributed by atoms with Crippen molar-refractivity contribution in [1.82, 2.24) is 9.21 Å². The summed E-state index contributed by atoms with van der Waals surface area (Å²) in [5, 5.41) is 10.1. The third kappa shape index (κ3) is 8.41. The lowest BCUT2D eigenvalue weighted by molar-refractivity contribution is -0.00833. The molecule has 1 heterocycles. The second kappa shape index (κ2) is 14.4. The highest BCUT2D eigenvalue weighted by molar-refractivity contribution is 7.89. The molecule has 0 spiro atoms. The maximum absolute atomic E-state index is 14.1. The van der Waals surface area contributed by atoms with Crippen molar-refractivity contribution in [3.63, 3.8) is 0 Å². The first kappa shape index (κ1) is 32.8. The molecule has 0 aromatic heterocycles. The number of benzene rings is 2. The minimum Gasteiger partial charge on any atom is -0.490 e. The number of hydrogen-bond acceptors (Lipinski definition) is 7. The summed E-state index contributed by atoms with van der Waals surface area (Å²) in [4.78, 5) is 17.6. The van der Waals surface area contributed by atoms with Gasteiger partial charge < -0.3 is 24.4 Å². The molecular formula is C30H44FN3O6S. The van der Waals surface area contributed by atoms with E-state index in [4.69, 9.17) is 9.47 Å².